The number of nitrogens with zero attached hydrogens (tertiary/aromatic N) is 2. The molecule has 118 valence electrons. The lowest BCUT2D eigenvalue weighted by molar-refractivity contribution is 0.0933. The third-order valence-electron chi connectivity index (χ3n) is 3.27. The molecule has 1 N–H and O–H groups in total. The molecule has 1 amide bonds. The average Bonchev–Trinajstić information content (AvgIpc) is 3.00. The standard InChI is InChI=1S/C15H19N3O3S/c1-3-22(20,21)14-7-5-4-6-13(14)15(19)17-12(2)10-18-9-8-16-11-18/h4-9,11-12H,3,10H2,1-2H3,(H,17,19)/t12-/m0/s1. The average molecular weight is 321 g/mol. The van der Waals surface area contributed by atoms with Gasteiger partial charge in [-0.1, -0.05) is 19.1 Å². The van der Waals surface area contributed by atoms with E-state index in [9.17, 15) is 13.2 Å². The second-order valence-electron chi connectivity index (χ2n) is 5.03. The first-order chi connectivity index (χ1) is 10.4. The number of imidazole rings is 1. The third kappa shape index (κ3) is 3.73. The normalized spacial score (nSPS) is 12.8. The van der Waals surface area contributed by atoms with Gasteiger partial charge in [-0.25, -0.2) is 13.4 Å². The monoisotopic (exact) mass is 321 g/mol. The molecule has 0 fully saturated rings. The Hall–Kier alpha value is -2.15. The molecule has 1 aromatic carbocycles. The number of nitrogens with one attached hydrogen (secondary N) is 1. The number of hydrogen-bond acceptors (Lipinski definition) is 4. The first-order valence-corrected chi connectivity index (χ1v) is 8.67. The molecule has 2 aromatic rings. The predicted octanol–water partition coefficient (Wildman–Crippen LogP) is 1.50. The van der Waals surface area contributed by atoms with Crippen LogP contribution >= 0.6 is 0 Å². The van der Waals surface area contributed by atoms with Crippen molar-refractivity contribution in [2.45, 2.75) is 31.3 Å². The summed E-state index contributed by atoms with van der Waals surface area (Å²) in [7, 11) is -3.44. The van der Waals surface area contributed by atoms with Gasteiger partial charge in [0, 0.05) is 25.0 Å². The first-order valence-electron chi connectivity index (χ1n) is 7.02. The van der Waals surface area contributed by atoms with Crippen LogP contribution in [0.2, 0.25) is 0 Å². The number of hydrogen-bond donors (Lipinski definition) is 1. The topological polar surface area (TPSA) is 81.1 Å². The van der Waals surface area contributed by atoms with E-state index in [0.29, 0.717) is 6.54 Å². The minimum absolute atomic E-state index is 0.0398. The summed E-state index contributed by atoms with van der Waals surface area (Å²) in [5, 5.41) is 2.82. The molecule has 6 nitrogen and oxygen atoms in total. The number of carbonyl (C=O) groups is 1. The molecule has 22 heavy (non-hydrogen) atoms. The molecule has 0 radical (unpaired) electrons. The van der Waals surface area contributed by atoms with Gasteiger partial charge in [-0.2, -0.15) is 0 Å². The van der Waals surface area contributed by atoms with Gasteiger partial charge < -0.3 is 9.88 Å². The molecule has 0 aliphatic heterocycles. The van der Waals surface area contributed by atoms with Crippen molar-refractivity contribution in [1.29, 1.82) is 0 Å². The SMILES string of the molecule is CCS(=O)(=O)c1ccccc1C(=O)N[C@@H](C)Cn1ccnc1. The fourth-order valence-corrected chi connectivity index (χ4v) is 3.23. The molecular formula is C15H19N3O3S. The Labute approximate surface area is 130 Å². The van der Waals surface area contributed by atoms with E-state index in [1.54, 1.807) is 37.8 Å². The van der Waals surface area contributed by atoms with E-state index in [1.165, 1.54) is 12.1 Å². The maximum atomic E-state index is 12.4. The molecule has 0 unspecified atom stereocenters. The quantitative estimate of drug-likeness (QED) is 0.874. The van der Waals surface area contributed by atoms with Gasteiger partial charge in [0.15, 0.2) is 9.84 Å². The molecule has 7 heteroatoms. The fraction of sp³-hybridized carbons (Fsp3) is 0.333. The smallest absolute Gasteiger partial charge is 0.252 e. The van der Waals surface area contributed by atoms with Crippen molar-refractivity contribution in [2.24, 2.45) is 0 Å². The van der Waals surface area contributed by atoms with Gasteiger partial charge in [-0.15, -0.1) is 0 Å². The molecular weight excluding hydrogens is 302 g/mol. The van der Waals surface area contributed by atoms with Gasteiger partial charge in [0.25, 0.3) is 5.91 Å². The van der Waals surface area contributed by atoms with Crippen molar-refractivity contribution in [3.63, 3.8) is 0 Å². The Bertz CT molecular complexity index is 739. The highest BCUT2D eigenvalue weighted by atomic mass is 32.2. The molecule has 0 saturated carbocycles. The van der Waals surface area contributed by atoms with Crippen LogP contribution in [0.4, 0.5) is 0 Å². The largest absolute Gasteiger partial charge is 0.348 e. The van der Waals surface area contributed by atoms with Crippen LogP contribution in [0.15, 0.2) is 47.9 Å². The number of sulfone groups is 1. The summed E-state index contributed by atoms with van der Waals surface area (Å²) < 4.78 is 26.0. The Morgan fingerprint density at radius 2 is 2.09 bits per heavy atom. The molecule has 2 rings (SSSR count). The molecule has 0 bridgehead atoms. The van der Waals surface area contributed by atoms with Crippen LogP contribution < -0.4 is 5.32 Å². The summed E-state index contributed by atoms with van der Waals surface area (Å²) in [5.74, 6) is -0.428. The molecule has 1 atom stereocenters. The lowest BCUT2D eigenvalue weighted by Crippen LogP contribution is -2.36. The maximum absolute atomic E-state index is 12.4. The van der Waals surface area contributed by atoms with Gasteiger partial charge in [-0.3, -0.25) is 4.79 Å². The van der Waals surface area contributed by atoms with Crippen molar-refractivity contribution in [1.82, 2.24) is 14.9 Å². The molecule has 1 heterocycles. The molecule has 0 spiro atoms. The zero-order valence-corrected chi connectivity index (χ0v) is 13.4. The predicted molar refractivity (Wildman–Crippen MR) is 83.3 cm³/mol. The van der Waals surface area contributed by atoms with Gasteiger partial charge in [0.05, 0.1) is 22.5 Å². The van der Waals surface area contributed by atoms with Gasteiger partial charge in [0.2, 0.25) is 0 Å². The number of rotatable bonds is 6. The Balaban J connectivity index is 2.16. The third-order valence-corrected chi connectivity index (χ3v) is 5.05. The lowest BCUT2D eigenvalue weighted by Gasteiger charge is -2.16. The summed E-state index contributed by atoms with van der Waals surface area (Å²) in [4.78, 5) is 16.4. The van der Waals surface area contributed by atoms with Crippen LogP contribution in [-0.2, 0) is 16.4 Å². The van der Waals surface area contributed by atoms with Crippen LogP contribution in [0.25, 0.3) is 0 Å². The van der Waals surface area contributed by atoms with Crippen LogP contribution in [0.1, 0.15) is 24.2 Å². The van der Waals surface area contributed by atoms with E-state index in [2.05, 4.69) is 10.3 Å². The first kappa shape index (κ1) is 16.2. The van der Waals surface area contributed by atoms with E-state index >= 15 is 0 Å². The second kappa shape index (κ2) is 6.74. The summed E-state index contributed by atoms with van der Waals surface area (Å²) in [5.41, 5.74) is 0.182. The number of amides is 1. The van der Waals surface area contributed by atoms with E-state index < -0.39 is 9.84 Å². The summed E-state index contributed by atoms with van der Waals surface area (Å²) in [6.07, 6.45) is 5.13. The minimum Gasteiger partial charge on any atom is -0.348 e. The number of carbonyl (C=O) groups excluding carboxylic acids is 1. The van der Waals surface area contributed by atoms with E-state index in [0.717, 1.165) is 0 Å². The molecule has 0 aliphatic rings. The van der Waals surface area contributed by atoms with E-state index in [4.69, 9.17) is 0 Å². The molecule has 0 aliphatic carbocycles. The maximum Gasteiger partial charge on any atom is 0.252 e. The fourth-order valence-electron chi connectivity index (χ4n) is 2.14. The Morgan fingerprint density at radius 1 is 1.36 bits per heavy atom. The summed E-state index contributed by atoms with van der Waals surface area (Å²) in [6, 6.07) is 6.12. The zero-order valence-electron chi connectivity index (χ0n) is 12.6. The Morgan fingerprint density at radius 3 is 2.73 bits per heavy atom. The van der Waals surface area contributed by atoms with Crippen molar-refractivity contribution < 1.29 is 13.2 Å². The summed E-state index contributed by atoms with van der Waals surface area (Å²) in [6.45, 7) is 3.98. The highest BCUT2D eigenvalue weighted by Crippen LogP contribution is 2.17. The van der Waals surface area contributed by atoms with Gasteiger partial charge in [-0.05, 0) is 19.1 Å². The number of aromatic nitrogens is 2. The van der Waals surface area contributed by atoms with Crippen molar-refractivity contribution in [3.05, 3.63) is 48.5 Å². The van der Waals surface area contributed by atoms with E-state index in [1.807, 2.05) is 11.5 Å². The minimum atomic E-state index is -3.44. The second-order valence-corrected chi connectivity index (χ2v) is 7.28. The Kier molecular flexibility index (Phi) is 4.97. The van der Waals surface area contributed by atoms with Crippen molar-refractivity contribution in [3.8, 4) is 0 Å². The van der Waals surface area contributed by atoms with E-state index in [-0.39, 0.29) is 28.2 Å². The van der Waals surface area contributed by atoms with Gasteiger partial charge >= 0.3 is 0 Å². The van der Waals surface area contributed by atoms with Crippen molar-refractivity contribution >= 4 is 15.7 Å². The van der Waals surface area contributed by atoms with Crippen molar-refractivity contribution in [2.75, 3.05) is 5.75 Å². The highest BCUT2D eigenvalue weighted by molar-refractivity contribution is 7.91. The number of benzene rings is 1. The zero-order chi connectivity index (χ0) is 16.2. The van der Waals surface area contributed by atoms with Crippen LogP contribution in [-0.4, -0.2) is 35.7 Å². The lowest BCUT2D eigenvalue weighted by atomic mass is 10.2. The highest BCUT2D eigenvalue weighted by Gasteiger charge is 2.21. The van der Waals surface area contributed by atoms with Crippen LogP contribution in [0.5, 0.6) is 0 Å². The summed E-state index contributed by atoms with van der Waals surface area (Å²) >= 11 is 0. The molecule has 1 aromatic heterocycles. The van der Waals surface area contributed by atoms with Crippen LogP contribution in [0, 0.1) is 0 Å². The molecule has 0 saturated heterocycles. The van der Waals surface area contributed by atoms with Crippen LogP contribution in [0.3, 0.4) is 0 Å². The van der Waals surface area contributed by atoms with Gasteiger partial charge in [0.1, 0.15) is 0 Å².